The SMILES string of the molecule is O=C(O)CCSc1cc2n[nH]c(=O)n2cn1. The van der Waals surface area contributed by atoms with Crippen molar-refractivity contribution in [1.82, 2.24) is 19.6 Å². The van der Waals surface area contributed by atoms with E-state index in [0.717, 1.165) is 0 Å². The monoisotopic (exact) mass is 240 g/mol. The minimum Gasteiger partial charge on any atom is -0.481 e. The van der Waals surface area contributed by atoms with Gasteiger partial charge >= 0.3 is 11.7 Å². The lowest BCUT2D eigenvalue weighted by Crippen LogP contribution is -2.09. The van der Waals surface area contributed by atoms with Gasteiger partial charge in [0.05, 0.1) is 6.42 Å². The molecule has 2 N–H and O–H groups in total. The molecule has 0 radical (unpaired) electrons. The summed E-state index contributed by atoms with van der Waals surface area (Å²) in [6, 6.07) is 1.63. The van der Waals surface area contributed by atoms with Crippen molar-refractivity contribution in [2.75, 3.05) is 5.75 Å². The summed E-state index contributed by atoms with van der Waals surface area (Å²) in [6.45, 7) is 0. The number of nitrogens with one attached hydrogen (secondary N) is 1. The Morgan fingerprint density at radius 2 is 2.44 bits per heavy atom. The van der Waals surface area contributed by atoms with Crippen LogP contribution >= 0.6 is 11.8 Å². The molecule has 2 aromatic heterocycles. The van der Waals surface area contributed by atoms with Crippen LogP contribution in [-0.2, 0) is 4.79 Å². The maximum Gasteiger partial charge on any atom is 0.348 e. The van der Waals surface area contributed by atoms with Crippen LogP contribution in [0.1, 0.15) is 6.42 Å². The van der Waals surface area contributed by atoms with Gasteiger partial charge in [0.15, 0.2) is 5.65 Å². The van der Waals surface area contributed by atoms with Crippen LogP contribution in [0.25, 0.3) is 5.65 Å². The standard InChI is InChI=1S/C8H8N4O3S/c13-7(14)1-2-16-6-3-5-10-11-8(15)12(5)4-9-6/h3-4H,1-2H2,(H,11,15)(H,13,14). The van der Waals surface area contributed by atoms with Crippen LogP contribution in [0.15, 0.2) is 22.2 Å². The highest BCUT2D eigenvalue weighted by molar-refractivity contribution is 7.99. The van der Waals surface area contributed by atoms with Crippen LogP contribution in [0.4, 0.5) is 0 Å². The minimum atomic E-state index is -0.843. The summed E-state index contributed by atoms with van der Waals surface area (Å²) < 4.78 is 1.28. The molecule has 0 aliphatic rings. The van der Waals surface area contributed by atoms with Gasteiger partial charge in [-0.15, -0.1) is 11.8 Å². The van der Waals surface area contributed by atoms with Crippen LogP contribution in [-0.4, -0.2) is 36.4 Å². The third-order valence-corrected chi connectivity index (χ3v) is 2.78. The predicted molar refractivity (Wildman–Crippen MR) is 56.6 cm³/mol. The van der Waals surface area contributed by atoms with Crippen molar-refractivity contribution in [2.24, 2.45) is 0 Å². The topological polar surface area (TPSA) is 100 Å². The Hall–Kier alpha value is -1.83. The highest BCUT2D eigenvalue weighted by atomic mass is 32.2. The number of H-pyrrole nitrogens is 1. The smallest absolute Gasteiger partial charge is 0.348 e. The van der Waals surface area contributed by atoms with Crippen LogP contribution in [0, 0.1) is 0 Å². The molecule has 0 aliphatic carbocycles. The fourth-order valence-corrected chi connectivity index (χ4v) is 1.91. The number of hydrogen-bond acceptors (Lipinski definition) is 5. The molecule has 0 unspecified atom stereocenters. The molecule has 16 heavy (non-hydrogen) atoms. The van der Waals surface area contributed by atoms with E-state index in [-0.39, 0.29) is 12.1 Å². The van der Waals surface area contributed by atoms with Crippen molar-refractivity contribution in [3.8, 4) is 0 Å². The summed E-state index contributed by atoms with van der Waals surface area (Å²) in [4.78, 5) is 25.4. The number of rotatable bonds is 4. The van der Waals surface area contributed by atoms with Crippen LogP contribution < -0.4 is 5.69 Å². The highest BCUT2D eigenvalue weighted by Crippen LogP contribution is 2.16. The van der Waals surface area contributed by atoms with E-state index in [1.807, 2.05) is 0 Å². The van der Waals surface area contributed by atoms with Crippen molar-refractivity contribution in [3.63, 3.8) is 0 Å². The van der Waals surface area contributed by atoms with Crippen molar-refractivity contribution in [2.45, 2.75) is 11.4 Å². The Balaban J connectivity index is 2.14. The number of aromatic nitrogens is 4. The molecular formula is C8H8N4O3S. The summed E-state index contributed by atoms with van der Waals surface area (Å²) in [7, 11) is 0. The van der Waals surface area contributed by atoms with Crippen molar-refractivity contribution in [1.29, 1.82) is 0 Å². The van der Waals surface area contributed by atoms with Gasteiger partial charge in [-0.05, 0) is 0 Å². The molecule has 2 heterocycles. The molecule has 0 fully saturated rings. The quantitative estimate of drug-likeness (QED) is 0.575. The van der Waals surface area contributed by atoms with E-state index in [0.29, 0.717) is 16.4 Å². The van der Waals surface area contributed by atoms with Crippen LogP contribution in [0.2, 0.25) is 0 Å². The molecule has 7 nitrogen and oxygen atoms in total. The van der Waals surface area contributed by atoms with Gasteiger partial charge in [-0.1, -0.05) is 0 Å². The van der Waals surface area contributed by atoms with Crippen molar-refractivity contribution >= 4 is 23.4 Å². The minimum absolute atomic E-state index is 0.0743. The first kappa shape index (κ1) is 10.7. The van der Waals surface area contributed by atoms with E-state index in [2.05, 4.69) is 15.2 Å². The fraction of sp³-hybridized carbons (Fsp3) is 0.250. The second-order valence-corrected chi connectivity index (χ2v) is 4.09. The number of nitrogens with zero attached hydrogens (tertiary/aromatic N) is 3. The van der Waals surface area contributed by atoms with E-state index in [9.17, 15) is 9.59 Å². The largest absolute Gasteiger partial charge is 0.481 e. The molecule has 0 bridgehead atoms. The molecule has 2 aromatic rings. The Morgan fingerprint density at radius 1 is 1.62 bits per heavy atom. The number of fused-ring (bicyclic) bond motifs is 1. The number of aliphatic carboxylic acids is 1. The van der Waals surface area contributed by atoms with Crippen LogP contribution in [0.3, 0.4) is 0 Å². The highest BCUT2D eigenvalue weighted by Gasteiger charge is 2.04. The summed E-state index contributed by atoms with van der Waals surface area (Å²) in [5, 5.41) is 15.2. The summed E-state index contributed by atoms with van der Waals surface area (Å²) in [5.41, 5.74) is 0.127. The van der Waals surface area contributed by atoms with E-state index >= 15 is 0 Å². The maximum atomic E-state index is 11.1. The Morgan fingerprint density at radius 3 is 3.19 bits per heavy atom. The summed E-state index contributed by atoms with van der Waals surface area (Å²) in [6.07, 6.45) is 1.44. The average molecular weight is 240 g/mol. The maximum absolute atomic E-state index is 11.1. The number of hydrogen-bond donors (Lipinski definition) is 2. The molecule has 0 saturated carbocycles. The van der Waals surface area contributed by atoms with Gasteiger partial charge in [0.25, 0.3) is 0 Å². The number of carboxylic acid groups (broad SMARTS) is 1. The van der Waals surface area contributed by atoms with Crippen molar-refractivity contribution < 1.29 is 9.90 Å². The summed E-state index contributed by atoms with van der Waals surface area (Å²) in [5.74, 6) is -0.405. The molecule has 0 amide bonds. The Bertz CT molecular complexity index is 576. The van der Waals surface area contributed by atoms with Gasteiger partial charge in [0.1, 0.15) is 11.4 Å². The molecule has 84 valence electrons. The van der Waals surface area contributed by atoms with Gasteiger partial charge < -0.3 is 5.11 Å². The van der Waals surface area contributed by atoms with Gasteiger partial charge in [-0.2, -0.15) is 5.10 Å². The molecular weight excluding hydrogens is 232 g/mol. The third-order valence-electron chi connectivity index (χ3n) is 1.85. The number of carbonyl (C=O) groups is 1. The zero-order valence-electron chi connectivity index (χ0n) is 8.08. The van der Waals surface area contributed by atoms with E-state index in [4.69, 9.17) is 5.11 Å². The first-order valence-corrected chi connectivity index (χ1v) is 5.43. The van der Waals surface area contributed by atoms with Gasteiger partial charge in [0.2, 0.25) is 0 Å². The summed E-state index contributed by atoms with van der Waals surface area (Å²) >= 11 is 1.31. The lowest BCUT2D eigenvalue weighted by Gasteiger charge is -1.98. The molecule has 0 atom stereocenters. The Labute approximate surface area is 93.5 Å². The van der Waals surface area contributed by atoms with Crippen molar-refractivity contribution in [3.05, 3.63) is 22.9 Å². The second-order valence-electron chi connectivity index (χ2n) is 2.98. The molecule has 0 aliphatic heterocycles. The molecule has 0 saturated heterocycles. The van der Waals surface area contributed by atoms with Crippen LogP contribution in [0.5, 0.6) is 0 Å². The number of thioether (sulfide) groups is 1. The van der Waals surface area contributed by atoms with Gasteiger partial charge in [-0.3, -0.25) is 4.79 Å². The van der Waals surface area contributed by atoms with E-state index in [1.165, 1.54) is 22.5 Å². The predicted octanol–water partition coefficient (Wildman–Crippen LogP) is -0.0156. The normalized spacial score (nSPS) is 10.8. The Kier molecular flexibility index (Phi) is 2.91. The lowest BCUT2D eigenvalue weighted by molar-refractivity contribution is -0.136. The first-order chi connectivity index (χ1) is 7.66. The average Bonchev–Trinajstić information content (AvgIpc) is 2.60. The zero-order chi connectivity index (χ0) is 11.5. The van der Waals surface area contributed by atoms with E-state index in [1.54, 1.807) is 6.07 Å². The first-order valence-electron chi connectivity index (χ1n) is 4.44. The third kappa shape index (κ3) is 2.22. The second kappa shape index (κ2) is 4.35. The number of aromatic amines is 1. The molecule has 0 spiro atoms. The lowest BCUT2D eigenvalue weighted by atomic mass is 10.5. The zero-order valence-corrected chi connectivity index (χ0v) is 8.90. The van der Waals surface area contributed by atoms with Gasteiger partial charge in [-0.25, -0.2) is 19.3 Å². The fourth-order valence-electron chi connectivity index (χ4n) is 1.11. The molecule has 2 rings (SSSR count). The molecule has 0 aromatic carbocycles. The van der Waals surface area contributed by atoms with Gasteiger partial charge in [0, 0.05) is 11.8 Å². The number of carboxylic acids is 1. The molecule has 8 heteroatoms. The van der Waals surface area contributed by atoms with E-state index < -0.39 is 5.97 Å².